The number of fused-ring (bicyclic) bond motifs is 1. The molecular weight excluding hydrogens is 302 g/mol. The van der Waals surface area contributed by atoms with E-state index in [1.165, 1.54) is 5.69 Å². The summed E-state index contributed by atoms with van der Waals surface area (Å²) < 4.78 is 0.887. The van der Waals surface area contributed by atoms with Crippen LogP contribution < -0.4 is 10.2 Å². The molecule has 2 heterocycles. The molecule has 0 aliphatic carbocycles. The molecule has 1 aromatic rings. The summed E-state index contributed by atoms with van der Waals surface area (Å²) in [7, 11) is 0. The predicted octanol–water partition coefficient (Wildman–Crippen LogP) is 2.75. The zero-order valence-electron chi connectivity index (χ0n) is 11.3. The van der Waals surface area contributed by atoms with Gasteiger partial charge in [-0.15, -0.1) is 0 Å². The zero-order valence-corrected chi connectivity index (χ0v) is 12.9. The first-order chi connectivity index (χ1) is 9.04. The van der Waals surface area contributed by atoms with Gasteiger partial charge in [-0.2, -0.15) is 5.26 Å². The lowest BCUT2D eigenvalue weighted by Crippen LogP contribution is -2.44. The summed E-state index contributed by atoms with van der Waals surface area (Å²) in [6.07, 6.45) is 0. The van der Waals surface area contributed by atoms with Crippen molar-refractivity contribution < 1.29 is 0 Å². The van der Waals surface area contributed by atoms with Gasteiger partial charge in [0.2, 0.25) is 0 Å². The highest BCUT2D eigenvalue weighted by atomic mass is 79.9. The van der Waals surface area contributed by atoms with Gasteiger partial charge in [0.25, 0.3) is 0 Å². The normalized spacial score (nSPS) is 28.2. The van der Waals surface area contributed by atoms with Crippen LogP contribution in [0.25, 0.3) is 0 Å². The number of anilines is 1. The Bertz CT molecular complexity index is 547. The summed E-state index contributed by atoms with van der Waals surface area (Å²) in [4.78, 5) is 2.50. The summed E-state index contributed by atoms with van der Waals surface area (Å²) in [6, 6.07) is 8.25. The quantitative estimate of drug-likeness (QED) is 0.865. The summed E-state index contributed by atoms with van der Waals surface area (Å²) in [5, 5.41) is 12.5. The average Bonchev–Trinajstić information content (AvgIpc) is 2.92. The Hall–Kier alpha value is -1.05. The van der Waals surface area contributed by atoms with E-state index in [0.717, 1.165) is 30.0 Å². The molecule has 2 fully saturated rings. The van der Waals surface area contributed by atoms with Crippen LogP contribution in [0.4, 0.5) is 5.69 Å². The number of nitriles is 1. The van der Waals surface area contributed by atoms with Crippen molar-refractivity contribution in [2.24, 2.45) is 11.8 Å². The first-order valence-electron chi connectivity index (χ1n) is 6.72. The molecule has 0 saturated carbocycles. The molecule has 2 atom stereocenters. The highest BCUT2D eigenvalue weighted by Gasteiger charge is 2.49. The smallest absolute Gasteiger partial charge is 0.100 e. The fraction of sp³-hybridized carbons (Fsp3) is 0.533. The van der Waals surface area contributed by atoms with E-state index in [1.54, 1.807) is 0 Å². The predicted molar refractivity (Wildman–Crippen MR) is 80.1 cm³/mol. The Kier molecular flexibility index (Phi) is 3.07. The van der Waals surface area contributed by atoms with Gasteiger partial charge in [-0.3, -0.25) is 0 Å². The number of nitrogens with one attached hydrogen (secondary N) is 1. The van der Waals surface area contributed by atoms with Crippen molar-refractivity contribution in [1.82, 2.24) is 5.32 Å². The van der Waals surface area contributed by atoms with E-state index in [1.807, 2.05) is 6.07 Å². The van der Waals surface area contributed by atoms with Gasteiger partial charge in [0.15, 0.2) is 0 Å². The maximum absolute atomic E-state index is 9.01. The van der Waals surface area contributed by atoms with Crippen LogP contribution in [-0.2, 0) is 0 Å². The Labute approximate surface area is 122 Å². The molecule has 1 aromatic carbocycles. The molecular formula is C15H18BrN3. The number of hydrogen-bond donors (Lipinski definition) is 1. The van der Waals surface area contributed by atoms with Gasteiger partial charge in [-0.25, -0.2) is 0 Å². The number of nitrogens with zero attached hydrogens (tertiary/aromatic N) is 2. The van der Waals surface area contributed by atoms with Crippen molar-refractivity contribution in [1.29, 1.82) is 5.26 Å². The maximum atomic E-state index is 9.01. The molecule has 2 aliphatic rings. The molecule has 4 heteroatoms. The topological polar surface area (TPSA) is 39.1 Å². The standard InChI is InChI=1S/C15H18BrN3/c1-15(2)13-8-18-7-11(13)9-19(15)12-4-3-10(6-17)14(16)5-12/h3-5,11,13,18H,7-9H2,1-2H3. The van der Waals surface area contributed by atoms with Crippen LogP contribution >= 0.6 is 15.9 Å². The molecule has 2 saturated heterocycles. The van der Waals surface area contributed by atoms with E-state index in [-0.39, 0.29) is 5.54 Å². The molecule has 100 valence electrons. The summed E-state index contributed by atoms with van der Waals surface area (Å²) in [5.41, 5.74) is 2.08. The van der Waals surface area contributed by atoms with Crippen molar-refractivity contribution >= 4 is 21.6 Å². The second-order valence-corrected chi connectivity index (χ2v) is 6.92. The summed E-state index contributed by atoms with van der Waals surface area (Å²) in [5.74, 6) is 1.45. The SMILES string of the molecule is CC1(C)C2CNCC2CN1c1ccc(C#N)c(Br)c1. The number of benzene rings is 1. The minimum absolute atomic E-state index is 0.168. The average molecular weight is 320 g/mol. The second kappa shape index (κ2) is 4.50. The van der Waals surface area contributed by atoms with Crippen molar-refractivity contribution in [2.45, 2.75) is 19.4 Å². The van der Waals surface area contributed by atoms with Crippen LogP contribution in [0.1, 0.15) is 19.4 Å². The fourth-order valence-electron chi connectivity index (χ4n) is 3.62. The van der Waals surface area contributed by atoms with Crippen LogP contribution in [0.3, 0.4) is 0 Å². The number of rotatable bonds is 1. The third-order valence-corrected chi connectivity index (χ3v) is 5.40. The summed E-state index contributed by atoms with van der Waals surface area (Å²) >= 11 is 3.49. The minimum Gasteiger partial charge on any atom is -0.366 e. The van der Waals surface area contributed by atoms with Crippen molar-refractivity contribution in [2.75, 3.05) is 24.5 Å². The monoisotopic (exact) mass is 319 g/mol. The highest BCUT2D eigenvalue weighted by Crippen LogP contribution is 2.43. The molecule has 0 amide bonds. The van der Waals surface area contributed by atoms with Crippen molar-refractivity contribution in [3.05, 3.63) is 28.2 Å². The van der Waals surface area contributed by atoms with E-state index in [2.05, 4.69) is 58.2 Å². The van der Waals surface area contributed by atoms with Crippen LogP contribution in [0, 0.1) is 23.2 Å². The fourth-order valence-corrected chi connectivity index (χ4v) is 4.08. The van der Waals surface area contributed by atoms with Crippen molar-refractivity contribution in [3.8, 4) is 6.07 Å². The van der Waals surface area contributed by atoms with Crippen molar-refractivity contribution in [3.63, 3.8) is 0 Å². The lowest BCUT2D eigenvalue weighted by molar-refractivity contribution is 0.357. The molecule has 0 spiro atoms. The van der Waals surface area contributed by atoms with Crippen LogP contribution in [-0.4, -0.2) is 25.2 Å². The second-order valence-electron chi connectivity index (χ2n) is 6.07. The van der Waals surface area contributed by atoms with E-state index in [0.29, 0.717) is 11.5 Å². The van der Waals surface area contributed by atoms with Gasteiger partial charge < -0.3 is 10.2 Å². The van der Waals surface area contributed by atoms with Gasteiger partial charge in [0.05, 0.1) is 5.56 Å². The Morgan fingerprint density at radius 2 is 2.21 bits per heavy atom. The first kappa shape index (κ1) is 13.0. The van der Waals surface area contributed by atoms with Gasteiger partial charge >= 0.3 is 0 Å². The van der Waals surface area contributed by atoms with E-state index in [9.17, 15) is 0 Å². The molecule has 0 bridgehead atoms. The Morgan fingerprint density at radius 1 is 1.42 bits per heavy atom. The van der Waals surface area contributed by atoms with Crippen LogP contribution in [0.15, 0.2) is 22.7 Å². The molecule has 2 aliphatic heterocycles. The van der Waals surface area contributed by atoms with E-state index in [4.69, 9.17) is 5.26 Å². The molecule has 1 N–H and O–H groups in total. The minimum atomic E-state index is 0.168. The zero-order chi connectivity index (χ0) is 13.6. The van der Waals surface area contributed by atoms with Crippen LogP contribution in [0.2, 0.25) is 0 Å². The van der Waals surface area contributed by atoms with E-state index >= 15 is 0 Å². The third kappa shape index (κ3) is 1.96. The Balaban J connectivity index is 1.95. The molecule has 19 heavy (non-hydrogen) atoms. The van der Waals surface area contributed by atoms with E-state index < -0.39 is 0 Å². The lowest BCUT2D eigenvalue weighted by Gasteiger charge is -2.37. The first-order valence-corrected chi connectivity index (χ1v) is 7.51. The van der Waals surface area contributed by atoms with Gasteiger partial charge in [0, 0.05) is 35.3 Å². The molecule has 3 nitrogen and oxygen atoms in total. The largest absolute Gasteiger partial charge is 0.366 e. The molecule has 0 aromatic heterocycles. The lowest BCUT2D eigenvalue weighted by atomic mass is 9.84. The van der Waals surface area contributed by atoms with Crippen LogP contribution in [0.5, 0.6) is 0 Å². The molecule has 0 radical (unpaired) electrons. The molecule has 3 rings (SSSR count). The third-order valence-electron chi connectivity index (χ3n) is 4.74. The van der Waals surface area contributed by atoms with Gasteiger partial charge in [0.1, 0.15) is 6.07 Å². The van der Waals surface area contributed by atoms with Gasteiger partial charge in [-0.05, 0) is 59.8 Å². The summed E-state index contributed by atoms with van der Waals surface area (Å²) in [6.45, 7) is 8.00. The van der Waals surface area contributed by atoms with Gasteiger partial charge in [-0.1, -0.05) is 0 Å². The Morgan fingerprint density at radius 3 is 2.84 bits per heavy atom. The number of hydrogen-bond acceptors (Lipinski definition) is 3. The molecule has 2 unspecified atom stereocenters. The maximum Gasteiger partial charge on any atom is 0.100 e. The number of halogens is 1. The highest BCUT2D eigenvalue weighted by molar-refractivity contribution is 9.10.